The molecule has 2 amide bonds. The Morgan fingerprint density at radius 1 is 1.20 bits per heavy atom. The summed E-state index contributed by atoms with van der Waals surface area (Å²) in [6, 6.07) is 9.00. The number of carbonyl (C=O) groups excluding carboxylic acids is 2. The zero-order chi connectivity index (χ0) is 21.7. The second-order valence-electron chi connectivity index (χ2n) is 8.59. The van der Waals surface area contributed by atoms with Gasteiger partial charge in [0.05, 0.1) is 6.04 Å². The molecule has 0 spiro atoms. The van der Waals surface area contributed by atoms with Gasteiger partial charge in [-0.05, 0) is 44.4 Å². The minimum atomic E-state index is -0.0825. The molecule has 2 N–H and O–H groups in total. The first-order valence-electron chi connectivity index (χ1n) is 11.2. The zero-order valence-electron chi connectivity index (χ0n) is 18.9. The molecule has 2 aliphatic heterocycles. The highest BCUT2D eigenvalue weighted by Gasteiger charge is 2.43. The Hall–Kier alpha value is -2.12. The van der Waals surface area contributed by atoms with Crippen LogP contribution in [-0.2, 0) is 16.1 Å². The van der Waals surface area contributed by atoms with Crippen LogP contribution in [-0.4, -0.2) is 80.0 Å². The number of anilines is 1. The van der Waals surface area contributed by atoms with Crippen LogP contribution in [0, 0.1) is 0 Å². The van der Waals surface area contributed by atoms with Crippen LogP contribution in [0.1, 0.15) is 38.7 Å². The van der Waals surface area contributed by atoms with E-state index in [9.17, 15) is 9.59 Å². The molecular weight excluding hydrogens is 378 g/mol. The third-order valence-corrected chi connectivity index (χ3v) is 6.48. The van der Waals surface area contributed by atoms with Gasteiger partial charge in [-0.2, -0.15) is 0 Å². The largest absolute Gasteiger partial charge is 0.378 e. The predicted octanol–water partition coefficient (Wildman–Crippen LogP) is 1.43. The molecule has 0 aliphatic carbocycles. The van der Waals surface area contributed by atoms with Gasteiger partial charge < -0.3 is 20.4 Å². The van der Waals surface area contributed by atoms with E-state index in [1.807, 2.05) is 32.8 Å². The van der Waals surface area contributed by atoms with Crippen LogP contribution in [0.25, 0.3) is 0 Å². The monoisotopic (exact) mass is 415 g/mol. The van der Waals surface area contributed by atoms with Crippen molar-refractivity contribution in [2.24, 2.45) is 0 Å². The summed E-state index contributed by atoms with van der Waals surface area (Å²) in [5, 5.41) is 6.69. The molecule has 7 heteroatoms. The van der Waals surface area contributed by atoms with Crippen molar-refractivity contribution in [1.82, 2.24) is 20.4 Å². The van der Waals surface area contributed by atoms with Crippen molar-refractivity contribution in [3.63, 3.8) is 0 Å². The maximum atomic E-state index is 12.4. The summed E-state index contributed by atoms with van der Waals surface area (Å²) in [6.45, 7) is 7.84. The lowest BCUT2D eigenvalue weighted by Gasteiger charge is -2.37. The number of amides is 2. The van der Waals surface area contributed by atoms with Crippen LogP contribution in [0.2, 0.25) is 0 Å². The van der Waals surface area contributed by atoms with Gasteiger partial charge >= 0.3 is 0 Å². The molecule has 2 saturated heterocycles. The van der Waals surface area contributed by atoms with E-state index in [-0.39, 0.29) is 29.9 Å². The Morgan fingerprint density at radius 3 is 2.53 bits per heavy atom. The van der Waals surface area contributed by atoms with Gasteiger partial charge in [-0.25, -0.2) is 0 Å². The average Bonchev–Trinajstić information content (AvgIpc) is 3.18. The summed E-state index contributed by atoms with van der Waals surface area (Å²) in [5.74, 6) is 0.337. The molecule has 1 aromatic rings. The third kappa shape index (κ3) is 5.32. The fourth-order valence-electron chi connectivity index (χ4n) is 4.59. The smallest absolute Gasteiger partial charge is 0.237 e. The van der Waals surface area contributed by atoms with E-state index in [4.69, 9.17) is 0 Å². The van der Waals surface area contributed by atoms with Crippen LogP contribution >= 0.6 is 0 Å². The normalized spacial score (nSPS) is 23.7. The summed E-state index contributed by atoms with van der Waals surface area (Å²) in [7, 11) is 4.08. The van der Waals surface area contributed by atoms with Crippen LogP contribution < -0.4 is 15.5 Å². The number of fused-ring (bicyclic) bond motifs is 1. The number of benzene rings is 1. The number of rotatable bonds is 9. The van der Waals surface area contributed by atoms with Gasteiger partial charge in [0.1, 0.15) is 0 Å². The first kappa shape index (κ1) is 22.6. The van der Waals surface area contributed by atoms with Crippen molar-refractivity contribution in [3.05, 3.63) is 29.8 Å². The maximum Gasteiger partial charge on any atom is 0.237 e. The minimum absolute atomic E-state index is 0.0825. The lowest BCUT2D eigenvalue weighted by atomic mass is 10.0. The number of hydrogen-bond donors (Lipinski definition) is 2. The molecule has 1 aromatic carbocycles. The van der Waals surface area contributed by atoms with E-state index in [1.165, 1.54) is 11.3 Å². The second kappa shape index (κ2) is 10.3. The van der Waals surface area contributed by atoms with E-state index >= 15 is 0 Å². The van der Waals surface area contributed by atoms with Crippen LogP contribution in [0.5, 0.6) is 0 Å². The Balaban J connectivity index is 1.53. The summed E-state index contributed by atoms with van der Waals surface area (Å²) >= 11 is 0. The van der Waals surface area contributed by atoms with Crippen LogP contribution in [0.4, 0.5) is 5.69 Å². The number of nitrogens with one attached hydrogen (secondary N) is 2. The van der Waals surface area contributed by atoms with Gasteiger partial charge in [0.2, 0.25) is 11.8 Å². The molecule has 7 nitrogen and oxygen atoms in total. The summed E-state index contributed by atoms with van der Waals surface area (Å²) in [4.78, 5) is 31.1. The summed E-state index contributed by atoms with van der Waals surface area (Å²) < 4.78 is 0. The van der Waals surface area contributed by atoms with E-state index < -0.39 is 0 Å². The molecule has 3 atom stereocenters. The van der Waals surface area contributed by atoms with E-state index in [0.29, 0.717) is 13.0 Å². The standard InChI is InChI=1S/C23H37N5O2/c1-5-27(6-2)22(29)12-11-20-15-25-23(30)21-13-18(16-28(20)21)24-14-17-7-9-19(10-8-17)26(3)4/h7-10,18,20-21,24H,5-6,11-16H2,1-4H3,(H,25,30)/t18-,20+,21-/m0/s1. The van der Waals surface area contributed by atoms with Gasteiger partial charge in [0, 0.05) is 71.0 Å². The third-order valence-electron chi connectivity index (χ3n) is 6.48. The van der Waals surface area contributed by atoms with E-state index in [2.05, 4.69) is 44.7 Å². The Labute approximate surface area is 180 Å². The Morgan fingerprint density at radius 2 is 1.90 bits per heavy atom. The lowest BCUT2D eigenvalue weighted by molar-refractivity contribution is -0.132. The zero-order valence-corrected chi connectivity index (χ0v) is 18.9. The van der Waals surface area contributed by atoms with Crippen LogP contribution in [0.15, 0.2) is 24.3 Å². The number of carbonyl (C=O) groups is 2. The fourth-order valence-corrected chi connectivity index (χ4v) is 4.59. The van der Waals surface area contributed by atoms with Gasteiger partial charge in [0.25, 0.3) is 0 Å². The molecule has 2 aliphatic rings. The molecular formula is C23H37N5O2. The molecule has 0 radical (unpaired) electrons. The van der Waals surface area contributed by atoms with Crippen molar-refractivity contribution in [2.75, 3.05) is 45.2 Å². The molecule has 2 heterocycles. The second-order valence-corrected chi connectivity index (χ2v) is 8.59. The fraction of sp³-hybridized carbons (Fsp3) is 0.652. The van der Waals surface area contributed by atoms with Gasteiger partial charge in [-0.3, -0.25) is 14.5 Å². The topological polar surface area (TPSA) is 67.9 Å². The predicted molar refractivity (Wildman–Crippen MR) is 120 cm³/mol. The minimum Gasteiger partial charge on any atom is -0.378 e. The highest BCUT2D eigenvalue weighted by Crippen LogP contribution is 2.26. The molecule has 3 rings (SSSR count). The molecule has 166 valence electrons. The quantitative estimate of drug-likeness (QED) is 0.639. The van der Waals surface area contributed by atoms with Gasteiger partial charge in [-0.15, -0.1) is 0 Å². The molecule has 0 unspecified atom stereocenters. The van der Waals surface area contributed by atoms with Crippen molar-refractivity contribution in [1.29, 1.82) is 0 Å². The number of nitrogens with zero attached hydrogens (tertiary/aromatic N) is 3. The van der Waals surface area contributed by atoms with Gasteiger partial charge in [-0.1, -0.05) is 12.1 Å². The summed E-state index contributed by atoms with van der Waals surface area (Å²) in [6.07, 6.45) is 2.16. The highest BCUT2D eigenvalue weighted by molar-refractivity contribution is 5.83. The number of hydrogen-bond acceptors (Lipinski definition) is 5. The molecule has 0 saturated carbocycles. The van der Waals surface area contributed by atoms with Crippen LogP contribution in [0.3, 0.4) is 0 Å². The Kier molecular flexibility index (Phi) is 7.72. The first-order chi connectivity index (χ1) is 14.4. The van der Waals surface area contributed by atoms with E-state index in [0.717, 1.165) is 39.0 Å². The Bertz CT molecular complexity index is 717. The average molecular weight is 416 g/mol. The molecule has 0 aromatic heterocycles. The number of piperazine rings is 1. The SMILES string of the molecule is CCN(CC)C(=O)CC[C@@H]1CNC(=O)[C@@H]2C[C@H](NCc3ccc(N(C)C)cc3)CN12. The van der Waals surface area contributed by atoms with E-state index in [1.54, 1.807) is 0 Å². The van der Waals surface area contributed by atoms with Crippen molar-refractivity contribution >= 4 is 17.5 Å². The highest BCUT2D eigenvalue weighted by atomic mass is 16.2. The van der Waals surface area contributed by atoms with Crippen molar-refractivity contribution in [2.45, 2.75) is 57.8 Å². The molecule has 0 bridgehead atoms. The summed E-state index contributed by atoms with van der Waals surface area (Å²) in [5.41, 5.74) is 2.44. The van der Waals surface area contributed by atoms with Gasteiger partial charge in [0.15, 0.2) is 0 Å². The molecule has 2 fully saturated rings. The molecule has 30 heavy (non-hydrogen) atoms. The van der Waals surface area contributed by atoms with Crippen molar-refractivity contribution in [3.8, 4) is 0 Å². The maximum absolute atomic E-state index is 12.4. The lowest BCUT2D eigenvalue weighted by Crippen LogP contribution is -2.58. The van der Waals surface area contributed by atoms with Crippen molar-refractivity contribution < 1.29 is 9.59 Å². The first-order valence-corrected chi connectivity index (χ1v) is 11.2.